The second-order valence-corrected chi connectivity index (χ2v) is 6.99. The number of nitrogens with zero attached hydrogens (tertiary/aromatic N) is 1. The molecule has 148 valence electrons. The summed E-state index contributed by atoms with van der Waals surface area (Å²) in [4.78, 5) is 26.0. The van der Waals surface area contributed by atoms with Crippen LogP contribution in [0, 0.1) is 0 Å². The van der Waals surface area contributed by atoms with E-state index in [-0.39, 0.29) is 17.5 Å². The summed E-state index contributed by atoms with van der Waals surface area (Å²) in [6, 6.07) is 14.9. The monoisotopic (exact) mass is 382 g/mol. The number of likely N-dealkylation sites (tertiary alicyclic amines) is 1. The Hall–Kier alpha value is -2.86. The quantitative estimate of drug-likeness (QED) is 0.734. The van der Waals surface area contributed by atoms with Crippen molar-refractivity contribution in [2.75, 3.05) is 20.2 Å². The number of carboxylic acid groups (broad SMARTS) is 1. The molecule has 6 heteroatoms. The SMILES string of the molecule is COc1cc(C(=O)O)ccc1CCNC(=O)C1CCCN1Cc1ccccc1. The summed E-state index contributed by atoms with van der Waals surface area (Å²) in [5.41, 5.74) is 2.28. The van der Waals surface area contributed by atoms with Gasteiger partial charge in [-0.05, 0) is 49.1 Å². The van der Waals surface area contributed by atoms with Gasteiger partial charge in [0.2, 0.25) is 5.91 Å². The number of benzene rings is 2. The summed E-state index contributed by atoms with van der Waals surface area (Å²) in [5, 5.41) is 12.1. The predicted octanol–water partition coefficient (Wildman–Crippen LogP) is 2.72. The highest BCUT2D eigenvalue weighted by atomic mass is 16.5. The molecule has 1 fully saturated rings. The summed E-state index contributed by atoms with van der Waals surface area (Å²) in [5.74, 6) is -0.409. The van der Waals surface area contributed by atoms with Crippen molar-refractivity contribution in [3.8, 4) is 5.75 Å². The van der Waals surface area contributed by atoms with Crippen LogP contribution in [0.1, 0.15) is 34.3 Å². The highest BCUT2D eigenvalue weighted by Crippen LogP contribution is 2.22. The van der Waals surface area contributed by atoms with Crippen LogP contribution >= 0.6 is 0 Å². The summed E-state index contributed by atoms with van der Waals surface area (Å²) < 4.78 is 5.29. The molecule has 1 unspecified atom stereocenters. The first-order valence-corrected chi connectivity index (χ1v) is 9.54. The van der Waals surface area contributed by atoms with Gasteiger partial charge in [-0.3, -0.25) is 9.69 Å². The Morgan fingerprint density at radius 3 is 2.71 bits per heavy atom. The van der Waals surface area contributed by atoms with Gasteiger partial charge >= 0.3 is 5.97 Å². The summed E-state index contributed by atoms with van der Waals surface area (Å²) in [6.07, 6.45) is 2.48. The van der Waals surface area contributed by atoms with E-state index in [1.165, 1.54) is 18.7 Å². The van der Waals surface area contributed by atoms with Gasteiger partial charge in [0.25, 0.3) is 0 Å². The minimum absolute atomic E-state index is 0.0505. The van der Waals surface area contributed by atoms with Crippen LogP contribution in [0.25, 0.3) is 0 Å². The van der Waals surface area contributed by atoms with Crippen LogP contribution in [0.5, 0.6) is 5.75 Å². The molecule has 1 saturated heterocycles. The fourth-order valence-corrected chi connectivity index (χ4v) is 3.65. The molecule has 0 saturated carbocycles. The standard InChI is InChI=1S/C22H26N2O4/c1-28-20-14-18(22(26)27)10-9-17(20)11-12-23-21(25)19-8-5-13-24(19)15-16-6-3-2-4-7-16/h2-4,6-7,9-10,14,19H,5,8,11-13,15H2,1H3,(H,23,25)(H,26,27). The Morgan fingerprint density at radius 2 is 2.00 bits per heavy atom. The molecule has 0 radical (unpaired) electrons. The Morgan fingerprint density at radius 1 is 1.21 bits per heavy atom. The zero-order valence-corrected chi connectivity index (χ0v) is 16.1. The van der Waals surface area contributed by atoms with Crippen LogP contribution in [-0.2, 0) is 17.8 Å². The molecule has 0 aromatic heterocycles. The third kappa shape index (κ3) is 4.89. The number of aromatic carboxylic acids is 1. The molecule has 1 heterocycles. The Labute approximate surface area is 165 Å². The Balaban J connectivity index is 1.54. The molecule has 0 aliphatic carbocycles. The Kier molecular flexibility index (Phi) is 6.66. The molecule has 28 heavy (non-hydrogen) atoms. The lowest BCUT2D eigenvalue weighted by atomic mass is 10.1. The molecule has 2 N–H and O–H groups in total. The van der Waals surface area contributed by atoms with E-state index in [9.17, 15) is 9.59 Å². The maximum absolute atomic E-state index is 12.7. The largest absolute Gasteiger partial charge is 0.496 e. The van der Waals surface area contributed by atoms with Crippen molar-refractivity contribution in [1.82, 2.24) is 10.2 Å². The van der Waals surface area contributed by atoms with Gasteiger partial charge in [0.15, 0.2) is 0 Å². The summed E-state index contributed by atoms with van der Waals surface area (Å²) in [6.45, 7) is 2.19. The first-order valence-electron chi connectivity index (χ1n) is 9.54. The molecule has 1 aliphatic rings. The van der Waals surface area contributed by atoms with Crippen molar-refractivity contribution < 1.29 is 19.4 Å². The molecule has 1 amide bonds. The normalized spacial score (nSPS) is 16.7. The lowest BCUT2D eigenvalue weighted by Crippen LogP contribution is -2.43. The van der Waals surface area contributed by atoms with Crippen molar-refractivity contribution in [2.45, 2.75) is 31.8 Å². The van der Waals surface area contributed by atoms with Crippen molar-refractivity contribution in [3.63, 3.8) is 0 Å². The van der Waals surface area contributed by atoms with Gasteiger partial charge < -0.3 is 15.2 Å². The van der Waals surface area contributed by atoms with Crippen molar-refractivity contribution in [2.24, 2.45) is 0 Å². The fraction of sp³-hybridized carbons (Fsp3) is 0.364. The van der Waals surface area contributed by atoms with E-state index in [0.717, 1.165) is 31.5 Å². The third-order valence-electron chi connectivity index (χ3n) is 5.12. The van der Waals surface area contributed by atoms with E-state index >= 15 is 0 Å². The molecule has 1 aliphatic heterocycles. The number of rotatable bonds is 8. The van der Waals surface area contributed by atoms with Gasteiger partial charge in [-0.1, -0.05) is 36.4 Å². The third-order valence-corrected chi connectivity index (χ3v) is 5.12. The van der Waals surface area contributed by atoms with E-state index in [4.69, 9.17) is 9.84 Å². The second-order valence-electron chi connectivity index (χ2n) is 6.99. The molecule has 1 atom stereocenters. The van der Waals surface area contributed by atoms with Crippen LogP contribution in [0.3, 0.4) is 0 Å². The zero-order chi connectivity index (χ0) is 19.9. The molecule has 2 aromatic rings. The highest BCUT2D eigenvalue weighted by molar-refractivity contribution is 5.88. The maximum Gasteiger partial charge on any atom is 0.335 e. The average molecular weight is 382 g/mol. The van der Waals surface area contributed by atoms with E-state index < -0.39 is 5.97 Å². The predicted molar refractivity (Wildman–Crippen MR) is 107 cm³/mol. The first-order chi connectivity index (χ1) is 13.6. The van der Waals surface area contributed by atoms with Crippen molar-refractivity contribution in [1.29, 1.82) is 0 Å². The van der Waals surface area contributed by atoms with Crippen molar-refractivity contribution in [3.05, 3.63) is 65.2 Å². The number of carbonyl (C=O) groups is 2. The number of hydrogen-bond acceptors (Lipinski definition) is 4. The molecule has 3 rings (SSSR count). The van der Waals surface area contributed by atoms with Gasteiger partial charge in [-0.15, -0.1) is 0 Å². The number of ether oxygens (including phenoxy) is 1. The smallest absolute Gasteiger partial charge is 0.335 e. The van der Waals surface area contributed by atoms with Gasteiger partial charge in [-0.2, -0.15) is 0 Å². The van der Waals surface area contributed by atoms with Crippen LogP contribution < -0.4 is 10.1 Å². The number of amides is 1. The second kappa shape index (κ2) is 9.37. The molecular formula is C22H26N2O4. The van der Waals surface area contributed by atoms with Crippen LogP contribution in [0.15, 0.2) is 48.5 Å². The van der Waals surface area contributed by atoms with E-state index in [2.05, 4.69) is 22.3 Å². The Bertz CT molecular complexity index is 823. The summed E-state index contributed by atoms with van der Waals surface area (Å²) in [7, 11) is 1.52. The molecule has 0 spiro atoms. The minimum atomic E-state index is -0.988. The number of carbonyl (C=O) groups excluding carboxylic acids is 1. The van der Waals surface area contributed by atoms with Gasteiger partial charge in [0, 0.05) is 13.1 Å². The average Bonchev–Trinajstić information content (AvgIpc) is 3.17. The van der Waals surface area contributed by atoms with Gasteiger partial charge in [0.05, 0.1) is 18.7 Å². The summed E-state index contributed by atoms with van der Waals surface area (Å²) >= 11 is 0. The number of carboxylic acids is 1. The van der Waals surface area contributed by atoms with Crippen LogP contribution in [0.2, 0.25) is 0 Å². The van der Waals surface area contributed by atoms with E-state index in [0.29, 0.717) is 18.7 Å². The number of nitrogens with one attached hydrogen (secondary N) is 1. The van der Waals surface area contributed by atoms with Crippen LogP contribution in [0.4, 0.5) is 0 Å². The molecule has 0 bridgehead atoms. The lowest BCUT2D eigenvalue weighted by molar-refractivity contribution is -0.125. The molecule has 2 aromatic carbocycles. The zero-order valence-electron chi connectivity index (χ0n) is 16.1. The maximum atomic E-state index is 12.7. The molecule has 6 nitrogen and oxygen atoms in total. The minimum Gasteiger partial charge on any atom is -0.496 e. The topological polar surface area (TPSA) is 78.9 Å². The van der Waals surface area contributed by atoms with Gasteiger partial charge in [0.1, 0.15) is 5.75 Å². The van der Waals surface area contributed by atoms with Crippen molar-refractivity contribution >= 4 is 11.9 Å². The number of methoxy groups -OCH3 is 1. The molecular weight excluding hydrogens is 356 g/mol. The number of hydrogen-bond donors (Lipinski definition) is 2. The lowest BCUT2D eigenvalue weighted by Gasteiger charge is -2.23. The van der Waals surface area contributed by atoms with Gasteiger partial charge in [-0.25, -0.2) is 4.79 Å². The first kappa shape index (κ1) is 19.9. The van der Waals surface area contributed by atoms with E-state index in [1.54, 1.807) is 12.1 Å². The van der Waals surface area contributed by atoms with Crippen LogP contribution in [-0.4, -0.2) is 48.1 Å². The van der Waals surface area contributed by atoms with E-state index in [1.807, 2.05) is 18.2 Å². The fourth-order valence-electron chi connectivity index (χ4n) is 3.65. The highest BCUT2D eigenvalue weighted by Gasteiger charge is 2.30.